The van der Waals surface area contributed by atoms with Gasteiger partial charge >= 0.3 is 0 Å². The molecule has 0 saturated heterocycles. The van der Waals surface area contributed by atoms with Crippen LogP contribution in [-0.2, 0) is 12.3 Å². The van der Waals surface area contributed by atoms with Gasteiger partial charge in [-0.25, -0.2) is 0 Å². The Labute approximate surface area is 204 Å². The number of thioether (sulfide) groups is 1. The molecule has 164 valence electrons. The first-order valence-electron chi connectivity index (χ1n) is 10.1. The molecule has 2 heterocycles. The molecule has 0 spiro atoms. The van der Waals surface area contributed by atoms with E-state index >= 15 is 0 Å². The number of hydrogen-bond acceptors (Lipinski definition) is 6. The van der Waals surface area contributed by atoms with Crippen LogP contribution in [0, 0.1) is 0 Å². The van der Waals surface area contributed by atoms with Gasteiger partial charge in [-0.3, -0.25) is 4.57 Å². The molecule has 0 radical (unpaired) electrons. The number of nitrogens with zero attached hydrogens (tertiary/aromatic N) is 5. The third kappa shape index (κ3) is 4.95. The standard InChI is InChI=1S/C24H17Cl2N5OS/c25-18-12-10-17(11-13-18)22-28-30-24(31(22)14-16-6-2-1-3-7-16)33-15-21-27-29-23(32-21)19-8-4-5-9-20(19)26/h1-13H,14-15H2. The predicted octanol–water partition coefficient (Wildman–Crippen LogP) is 6.64. The highest BCUT2D eigenvalue weighted by Gasteiger charge is 2.17. The van der Waals surface area contributed by atoms with Crippen LogP contribution in [-0.4, -0.2) is 25.0 Å². The molecule has 0 aliphatic rings. The van der Waals surface area contributed by atoms with E-state index in [1.54, 1.807) is 6.07 Å². The number of halogens is 2. The topological polar surface area (TPSA) is 69.6 Å². The van der Waals surface area contributed by atoms with Crippen LogP contribution < -0.4 is 0 Å². The van der Waals surface area contributed by atoms with Crippen molar-refractivity contribution in [3.05, 3.63) is 100 Å². The highest BCUT2D eigenvalue weighted by molar-refractivity contribution is 7.98. The smallest absolute Gasteiger partial charge is 0.249 e. The van der Waals surface area contributed by atoms with Crippen LogP contribution in [0.1, 0.15) is 11.5 Å². The fraction of sp³-hybridized carbons (Fsp3) is 0.0833. The summed E-state index contributed by atoms with van der Waals surface area (Å²) in [7, 11) is 0. The van der Waals surface area contributed by atoms with Gasteiger partial charge in [-0.15, -0.1) is 20.4 Å². The molecule has 0 saturated carbocycles. The van der Waals surface area contributed by atoms with Gasteiger partial charge in [0, 0.05) is 10.6 Å². The van der Waals surface area contributed by atoms with Crippen LogP contribution >= 0.6 is 35.0 Å². The molecular weight excluding hydrogens is 477 g/mol. The molecule has 9 heteroatoms. The largest absolute Gasteiger partial charge is 0.420 e. The van der Waals surface area contributed by atoms with Crippen molar-refractivity contribution in [3.8, 4) is 22.8 Å². The van der Waals surface area contributed by atoms with Gasteiger partial charge in [0.15, 0.2) is 11.0 Å². The molecule has 0 aliphatic heterocycles. The van der Waals surface area contributed by atoms with Crippen molar-refractivity contribution in [3.63, 3.8) is 0 Å². The van der Waals surface area contributed by atoms with Crippen molar-refractivity contribution >= 4 is 35.0 Å². The maximum absolute atomic E-state index is 6.25. The minimum Gasteiger partial charge on any atom is -0.420 e. The summed E-state index contributed by atoms with van der Waals surface area (Å²) in [5.74, 6) is 2.09. The first kappa shape index (κ1) is 21.7. The van der Waals surface area contributed by atoms with Crippen molar-refractivity contribution in [1.82, 2.24) is 25.0 Å². The molecule has 5 rings (SSSR count). The average molecular weight is 494 g/mol. The maximum atomic E-state index is 6.25. The highest BCUT2D eigenvalue weighted by Crippen LogP contribution is 2.30. The van der Waals surface area contributed by atoms with Crippen LogP contribution in [0.2, 0.25) is 10.0 Å². The molecular formula is C24H17Cl2N5OS. The number of benzene rings is 3. The fourth-order valence-electron chi connectivity index (χ4n) is 3.30. The molecule has 33 heavy (non-hydrogen) atoms. The van der Waals surface area contributed by atoms with Crippen LogP contribution in [0.3, 0.4) is 0 Å². The Balaban J connectivity index is 1.41. The second-order valence-corrected chi connectivity index (χ2v) is 8.94. The summed E-state index contributed by atoms with van der Waals surface area (Å²) in [6.07, 6.45) is 0. The fourth-order valence-corrected chi connectivity index (χ4v) is 4.42. The van der Waals surface area contributed by atoms with Gasteiger partial charge < -0.3 is 4.42 Å². The van der Waals surface area contributed by atoms with Crippen molar-refractivity contribution < 1.29 is 4.42 Å². The third-order valence-corrected chi connectivity index (χ3v) is 6.43. The van der Waals surface area contributed by atoms with Crippen molar-refractivity contribution in [2.75, 3.05) is 0 Å². The van der Waals surface area contributed by atoms with Gasteiger partial charge in [-0.2, -0.15) is 0 Å². The maximum Gasteiger partial charge on any atom is 0.249 e. The molecule has 0 amide bonds. The Kier molecular flexibility index (Phi) is 6.44. The van der Waals surface area contributed by atoms with Gasteiger partial charge in [0.25, 0.3) is 0 Å². The second kappa shape index (κ2) is 9.79. The number of aromatic nitrogens is 5. The van der Waals surface area contributed by atoms with Crippen molar-refractivity contribution in [2.24, 2.45) is 0 Å². The zero-order valence-corrected chi connectivity index (χ0v) is 19.6. The Morgan fingerprint density at radius 1 is 0.788 bits per heavy atom. The van der Waals surface area contributed by atoms with E-state index in [2.05, 4.69) is 37.1 Å². The van der Waals surface area contributed by atoms with Crippen molar-refractivity contribution in [1.29, 1.82) is 0 Å². The summed E-state index contributed by atoms with van der Waals surface area (Å²) >= 11 is 13.8. The molecule has 0 N–H and O–H groups in total. The van der Waals surface area contributed by atoms with Crippen LogP contribution in [0.5, 0.6) is 0 Å². The quantitative estimate of drug-likeness (QED) is 0.236. The van der Waals surface area contributed by atoms with E-state index in [4.69, 9.17) is 27.6 Å². The van der Waals surface area contributed by atoms with Gasteiger partial charge in [0.1, 0.15) is 0 Å². The normalized spacial score (nSPS) is 11.1. The van der Waals surface area contributed by atoms with E-state index in [9.17, 15) is 0 Å². The first-order valence-corrected chi connectivity index (χ1v) is 11.8. The number of rotatable bonds is 7. The van der Waals surface area contributed by atoms with Crippen LogP contribution in [0.15, 0.2) is 88.4 Å². The van der Waals surface area contributed by atoms with Gasteiger partial charge in [0.05, 0.1) is 22.9 Å². The zero-order chi connectivity index (χ0) is 22.6. The Morgan fingerprint density at radius 2 is 1.55 bits per heavy atom. The monoisotopic (exact) mass is 493 g/mol. The minimum atomic E-state index is 0.392. The molecule has 0 unspecified atom stereocenters. The predicted molar refractivity (Wildman–Crippen MR) is 130 cm³/mol. The lowest BCUT2D eigenvalue weighted by molar-refractivity contribution is 0.528. The minimum absolute atomic E-state index is 0.392. The van der Waals surface area contributed by atoms with Crippen LogP contribution in [0.25, 0.3) is 22.8 Å². The second-order valence-electron chi connectivity index (χ2n) is 7.15. The Hall–Kier alpha value is -3.13. The molecule has 0 fully saturated rings. The molecule has 3 aromatic carbocycles. The Morgan fingerprint density at radius 3 is 2.33 bits per heavy atom. The summed E-state index contributed by atoms with van der Waals surface area (Å²) in [5, 5.41) is 19.2. The summed E-state index contributed by atoms with van der Waals surface area (Å²) in [4.78, 5) is 0. The van der Waals surface area contributed by atoms with Crippen molar-refractivity contribution in [2.45, 2.75) is 17.5 Å². The van der Waals surface area contributed by atoms with E-state index in [1.165, 1.54) is 11.8 Å². The lowest BCUT2D eigenvalue weighted by Gasteiger charge is -2.10. The summed E-state index contributed by atoms with van der Waals surface area (Å²) in [6, 6.07) is 25.1. The lowest BCUT2D eigenvalue weighted by Crippen LogP contribution is -2.04. The van der Waals surface area contributed by atoms with E-state index in [0.717, 1.165) is 22.1 Å². The zero-order valence-electron chi connectivity index (χ0n) is 17.2. The average Bonchev–Trinajstić information content (AvgIpc) is 3.46. The molecule has 0 aliphatic carbocycles. The number of hydrogen-bond donors (Lipinski definition) is 0. The van der Waals surface area contributed by atoms with Gasteiger partial charge in [-0.05, 0) is 42.0 Å². The van der Waals surface area contributed by atoms with Gasteiger partial charge in [0.2, 0.25) is 11.8 Å². The summed E-state index contributed by atoms with van der Waals surface area (Å²) < 4.78 is 7.91. The highest BCUT2D eigenvalue weighted by atomic mass is 35.5. The molecule has 6 nitrogen and oxygen atoms in total. The molecule has 2 aromatic heterocycles. The first-order chi connectivity index (χ1) is 16.2. The molecule has 0 atom stereocenters. The Bertz CT molecular complexity index is 1370. The van der Waals surface area contributed by atoms with E-state index < -0.39 is 0 Å². The molecule has 0 bridgehead atoms. The van der Waals surface area contributed by atoms with Crippen LogP contribution in [0.4, 0.5) is 0 Å². The lowest BCUT2D eigenvalue weighted by atomic mass is 10.2. The third-order valence-electron chi connectivity index (χ3n) is 4.90. The van der Waals surface area contributed by atoms with E-state index in [0.29, 0.717) is 39.7 Å². The van der Waals surface area contributed by atoms with E-state index in [1.807, 2.05) is 60.7 Å². The summed E-state index contributed by atoms with van der Waals surface area (Å²) in [6.45, 7) is 0.628. The van der Waals surface area contributed by atoms with Gasteiger partial charge in [-0.1, -0.05) is 77.4 Å². The molecule has 5 aromatic rings. The van der Waals surface area contributed by atoms with E-state index in [-0.39, 0.29) is 0 Å². The SMILES string of the molecule is Clc1ccc(-c2nnc(SCc3nnc(-c4ccccc4Cl)o3)n2Cc2ccccc2)cc1. The summed E-state index contributed by atoms with van der Waals surface area (Å²) in [5.41, 5.74) is 2.79.